The van der Waals surface area contributed by atoms with Gasteiger partial charge in [-0.1, -0.05) is 12.1 Å². The SMILES string of the molecule is CC(O)CCNC(=O)c1ccccc1F. The van der Waals surface area contributed by atoms with E-state index in [0.29, 0.717) is 13.0 Å². The molecule has 0 aliphatic heterocycles. The number of aliphatic hydroxyl groups is 1. The Balaban J connectivity index is 2.51. The maximum Gasteiger partial charge on any atom is 0.254 e. The minimum Gasteiger partial charge on any atom is -0.393 e. The maximum atomic E-state index is 13.1. The zero-order valence-electron chi connectivity index (χ0n) is 8.53. The number of halogens is 1. The van der Waals surface area contributed by atoms with Crippen LogP contribution in [0.2, 0.25) is 0 Å². The van der Waals surface area contributed by atoms with E-state index in [9.17, 15) is 9.18 Å². The fourth-order valence-corrected chi connectivity index (χ4v) is 1.14. The monoisotopic (exact) mass is 211 g/mol. The lowest BCUT2D eigenvalue weighted by atomic mass is 10.2. The molecular formula is C11H14FNO2. The Bertz CT molecular complexity index is 339. The highest BCUT2D eigenvalue weighted by atomic mass is 19.1. The summed E-state index contributed by atoms with van der Waals surface area (Å²) in [5.74, 6) is -0.985. The first-order valence-corrected chi connectivity index (χ1v) is 4.82. The first-order chi connectivity index (χ1) is 7.11. The number of amides is 1. The molecule has 82 valence electrons. The van der Waals surface area contributed by atoms with Gasteiger partial charge in [-0.3, -0.25) is 4.79 Å². The zero-order valence-corrected chi connectivity index (χ0v) is 8.53. The number of carbonyl (C=O) groups excluding carboxylic acids is 1. The summed E-state index contributed by atoms with van der Waals surface area (Å²) in [4.78, 5) is 11.4. The molecule has 1 atom stereocenters. The van der Waals surface area contributed by atoms with Crippen molar-refractivity contribution in [3.05, 3.63) is 35.6 Å². The van der Waals surface area contributed by atoms with Gasteiger partial charge in [0.1, 0.15) is 5.82 Å². The molecule has 0 saturated heterocycles. The van der Waals surface area contributed by atoms with E-state index < -0.39 is 17.8 Å². The Morgan fingerprint density at radius 3 is 2.80 bits per heavy atom. The molecule has 0 saturated carbocycles. The first kappa shape index (κ1) is 11.7. The molecule has 0 spiro atoms. The second-order valence-electron chi connectivity index (χ2n) is 3.37. The van der Waals surface area contributed by atoms with Crippen LogP contribution in [0.15, 0.2) is 24.3 Å². The number of aliphatic hydroxyl groups excluding tert-OH is 1. The van der Waals surface area contributed by atoms with E-state index in [1.54, 1.807) is 13.0 Å². The third-order valence-electron chi connectivity index (χ3n) is 1.97. The lowest BCUT2D eigenvalue weighted by Crippen LogP contribution is -2.27. The molecule has 0 fully saturated rings. The van der Waals surface area contributed by atoms with Crippen LogP contribution < -0.4 is 5.32 Å². The molecule has 1 aromatic carbocycles. The summed E-state index contributed by atoms with van der Waals surface area (Å²) in [6.45, 7) is 1.97. The van der Waals surface area contributed by atoms with Gasteiger partial charge in [-0.05, 0) is 25.5 Å². The summed E-state index contributed by atoms with van der Waals surface area (Å²) in [5, 5.41) is 11.5. The van der Waals surface area contributed by atoms with E-state index in [4.69, 9.17) is 5.11 Å². The van der Waals surface area contributed by atoms with Crippen molar-refractivity contribution in [2.24, 2.45) is 0 Å². The second-order valence-corrected chi connectivity index (χ2v) is 3.37. The smallest absolute Gasteiger partial charge is 0.254 e. The van der Waals surface area contributed by atoms with Gasteiger partial charge in [-0.2, -0.15) is 0 Å². The Morgan fingerprint density at radius 1 is 1.53 bits per heavy atom. The van der Waals surface area contributed by atoms with Gasteiger partial charge in [0.05, 0.1) is 11.7 Å². The molecular weight excluding hydrogens is 197 g/mol. The minimum absolute atomic E-state index is 0.0306. The number of benzene rings is 1. The van der Waals surface area contributed by atoms with Crippen molar-refractivity contribution in [1.29, 1.82) is 0 Å². The molecule has 4 heteroatoms. The molecule has 15 heavy (non-hydrogen) atoms. The number of hydrogen-bond donors (Lipinski definition) is 2. The van der Waals surface area contributed by atoms with E-state index in [1.807, 2.05) is 0 Å². The Labute approximate surface area is 87.9 Å². The molecule has 0 bridgehead atoms. The largest absolute Gasteiger partial charge is 0.393 e. The van der Waals surface area contributed by atoms with E-state index in [1.165, 1.54) is 18.2 Å². The van der Waals surface area contributed by atoms with Gasteiger partial charge in [0.15, 0.2) is 0 Å². The van der Waals surface area contributed by atoms with Gasteiger partial charge in [0.2, 0.25) is 0 Å². The van der Waals surface area contributed by atoms with Crippen LogP contribution in [0.4, 0.5) is 4.39 Å². The molecule has 1 amide bonds. The maximum absolute atomic E-state index is 13.1. The standard InChI is InChI=1S/C11H14FNO2/c1-8(14)6-7-13-11(15)9-4-2-3-5-10(9)12/h2-5,8,14H,6-7H2,1H3,(H,13,15). The van der Waals surface area contributed by atoms with Crippen molar-refractivity contribution in [3.63, 3.8) is 0 Å². The molecule has 1 aromatic rings. The second kappa shape index (κ2) is 5.46. The van der Waals surface area contributed by atoms with Gasteiger partial charge >= 0.3 is 0 Å². The van der Waals surface area contributed by atoms with Crippen molar-refractivity contribution in [1.82, 2.24) is 5.32 Å². The van der Waals surface area contributed by atoms with Crippen LogP contribution in [-0.4, -0.2) is 23.7 Å². The van der Waals surface area contributed by atoms with Crippen LogP contribution >= 0.6 is 0 Å². The van der Waals surface area contributed by atoms with Crippen molar-refractivity contribution >= 4 is 5.91 Å². The summed E-state index contributed by atoms with van der Waals surface area (Å²) >= 11 is 0. The van der Waals surface area contributed by atoms with E-state index >= 15 is 0 Å². The van der Waals surface area contributed by atoms with Gasteiger partial charge in [0, 0.05) is 6.54 Å². The molecule has 0 radical (unpaired) electrons. The summed E-state index contributed by atoms with van der Waals surface area (Å²) in [6, 6.07) is 5.80. The van der Waals surface area contributed by atoms with Gasteiger partial charge in [0.25, 0.3) is 5.91 Å². The summed E-state index contributed by atoms with van der Waals surface area (Å²) in [5.41, 5.74) is 0.0306. The average molecular weight is 211 g/mol. The van der Waals surface area contributed by atoms with Crippen LogP contribution in [0.5, 0.6) is 0 Å². The third kappa shape index (κ3) is 3.67. The van der Waals surface area contributed by atoms with Crippen LogP contribution in [0.3, 0.4) is 0 Å². The minimum atomic E-state index is -0.535. The highest BCUT2D eigenvalue weighted by Gasteiger charge is 2.09. The Morgan fingerprint density at radius 2 is 2.20 bits per heavy atom. The third-order valence-corrected chi connectivity index (χ3v) is 1.97. The van der Waals surface area contributed by atoms with Gasteiger partial charge < -0.3 is 10.4 Å². The van der Waals surface area contributed by atoms with Crippen molar-refractivity contribution in [2.75, 3.05) is 6.54 Å². The fraction of sp³-hybridized carbons (Fsp3) is 0.364. The average Bonchev–Trinajstić information content (AvgIpc) is 2.17. The molecule has 2 N–H and O–H groups in total. The predicted molar refractivity (Wildman–Crippen MR) is 55.0 cm³/mol. The lowest BCUT2D eigenvalue weighted by molar-refractivity contribution is 0.0941. The van der Waals surface area contributed by atoms with Crippen LogP contribution in [-0.2, 0) is 0 Å². The normalized spacial score (nSPS) is 12.2. The van der Waals surface area contributed by atoms with Crippen molar-refractivity contribution in [3.8, 4) is 0 Å². The molecule has 0 aliphatic rings. The van der Waals surface area contributed by atoms with E-state index in [2.05, 4.69) is 5.32 Å². The number of carbonyl (C=O) groups is 1. The summed E-state index contributed by atoms with van der Waals surface area (Å²) in [7, 11) is 0. The molecule has 1 rings (SSSR count). The highest BCUT2D eigenvalue weighted by molar-refractivity contribution is 5.94. The zero-order chi connectivity index (χ0) is 11.3. The molecule has 3 nitrogen and oxygen atoms in total. The van der Waals surface area contributed by atoms with Crippen LogP contribution in [0, 0.1) is 5.82 Å². The Hall–Kier alpha value is -1.42. The van der Waals surface area contributed by atoms with Crippen LogP contribution in [0.25, 0.3) is 0 Å². The molecule has 0 aromatic heterocycles. The lowest BCUT2D eigenvalue weighted by Gasteiger charge is -2.07. The molecule has 0 heterocycles. The number of hydrogen-bond acceptors (Lipinski definition) is 2. The van der Waals surface area contributed by atoms with Crippen molar-refractivity contribution in [2.45, 2.75) is 19.4 Å². The van der Waals surface area contributed by atoms with Gasteiger partial charge in [-0.15, -0.1) is 0 Å². The quantitative estimate of drug-likeness (QED) is 0.789. The summed E-state index contributed by atoms with van der Waals surface area (Å²) in [6.07, 6.45) is -0.00822. The predicted octanol–water partition coefficient (Wildman–Crippen LogP) is 1.33. The fourth-order valence-electron chi connectivity index (χ4n) is 1.14. The Kier molecular flexibility index (Phi) is 4.24. The first-order valence-electron chi connectivity index (χ1n) is 4.82. The van der Waals surface area contributed by atoms with Crippen LogP contribution in [0.1, 0.15) is 23.7 Å². The number of rotatable bonds is 4. The van der Waals surface area contributed by atoms with E-state index in [-0.39, 0.29) is 5.56 Å². The summed E-state index contributed by atoms with van der Waals surface area (Å²) < 4.78 is 13.1. The molecule has 1 unspecified atom stereocenters. The number of nitrogens with one attached hydrogen (secondary N) is 1. The highest BCUT2D eigenvalue weighted by Crippen LogP contribution is 2.05. The van der Waals surface area contributed by atoms with Gasteiger partial charge in [-0.25, -0.2) is 4.39 Å². The van der Waals surface area contributed by atoms with E-state index in [0.717, 1.165) is 0 Å². The topological polar surface area (TPSA) is 49.3 Å². The molecule has 0 aliphatic carbocycles. The van der Waals surface area contributed by atoms with Crippen molar-refractivity contribution < 1.29 is 14.3 Å².